The van der Waals surface area contributed by atoms with Crippen molar-refractivity contribution in [1.82, 2.24) is 15.5 Å². The zero-order chi connectivity index (χ0) is 37.0. The van der Waals surface area contributed by atoms with Gasteiger partial charge in [0.2, 0.25) is 11.8 Å². The molecular weight excluding hydrogens is 624 g/mol. The van der Waals surface area contributed by atoms with E-state index >= 15 is 0 Å². The van der Waals surface area contributed by atoms with E-state index in [1.165, 1.54) is 103 Å². The molecule has 1 aliphatic rings. The Hall–Kier alpha value is -1.22. The first-order valence-electron chi connectivity index (χ1n) is 21.5. The van der Waals surface area contributed by atoms with E-state index in [4.69, 9.17) is 10.5 Å². The lowest BCUT2D eigenvalue weighted by Gasteiger charge is -2.35. The van der Waals surface area contributed by atoms with Gasteiger partial charge >= 0.3 is 0 Å². The van der Waals surface area contributed by atoms with Gasteiger partial charge in [0.15, 0.2) is 0 Å². The smallest absolute Gasteiger partial charge is 0.220 e. The molecule has 0 aliphatic carbocycles. The molecule has 1 rings (SSSR count). The molecule has 0 spiro atoms. The summed E-state index contributed by atoms with van der Waals surface area (Å²) in [6.07, 6.45) is 26.5. The number of carbonyl (C=O) groups excluding carboxylic acids is 2. The molecule has 6 atom stereocenters. The Balaban J connectivity index is 2.60. The van der Waals surface area contributed by atoms with Crippen molar-refractivity contribution < 1.29 is 19.4 Å². The van der Waals surface area contributed by atoms with Crippen LogP contribution in [0.15, 0.2) is 0 Å². The second-order valence-electron chi connectivity index (χ2n) is 16.1. The van der Waals surface area contributed by atoms with Crippen LogP contribution in [-0.4, -0.2) is 77.9 Å². The average molecular weight is 709 g/mol. The first-order valence-corrected chi connectivity index (χ1v) is 21.5. The molecule has 0 aromatic heterocycles. The molecule has 5 N–H and O–H groups in total. The number of carbonyl (C=O) groups is 2. The summed E-state index contributed by atoms with van der Waals surface area (Å²) >= 11 is 0. The molecular formula is C42H84N4O4. The summed E-state index contributed by atoms with van der Waals surface area (Å²) in [6.45, 7) is 15.7. The number of rotatable bonds is 33. The number of hydrogen-bond donors (Lipinski definition) is 4. The number of amides is 2. The molecule has 50 heavy (non-hydrogen) atoms. The third-order valence-corrected chi connectivity index (χ3v) is 10.9. The molecule has 1 saturated heterocycles. The standard InChI is InChI=1S/C42H84N4O4/c1-7-11-14-16-18-20-22-24-27-35(5)32-46(33-36(47)28-25-23-21-19-17-15-12-8-2)31-26-30-39(48)44-37(10-4)41-42(6,43)38(34-50-41)45-40(49)29-13-9-3/h35-38,41,47H,7-34,43H2,1-6H3,(H,44,48)(H,45,49)/t35?,36?,37-,38-,41+,42-/m0/s1. The number of aliphatic hydroxyl groups excluding tert-OH is 1. The quantitative estimate of drug-likeness (QED) is 0.0507. The number of aliphatic hydroxyl groups is 1. The maximum atomic E-state index is 13.2. The van der Waals surface area contributed by atoms with E-state index in [2.05, 4.69) is 43.2 Å². The van der Waals surface area contributed by atoms with Gasteiger partial charge in [0, 0.05) is 25.9 Å². The number of nitrogens with zero attached hydrogens (tertiary/aromatic N) is 1. The normalized spacial score (nSPS) is 21.0. The first-order chi connectivity index (χ1) is 24.1. The summed E-state index contributed by atoms with van der Waals surface area (Å²) in [4.78, 5) is 28.0. The molecule has 0 bridgehead atoms. The van der Waals surface area contributed by atoms with E-state index in [0.29, 0.717) is 38.3 Å². The Bertz CT molecular complexity index is 813. The Kier molecular flexibility index (Phi) is 27.4. The molecule has 8 nitrogen and oxygen atoms in total. The molecule has 8 heteroatoms. The number of ether oxygens (including phenoxy) is 1. The fourth-order valence-corrected chi connectivity index (χ4v) is 7.56. The van der Waals surface area contributed by atoms with E-state index in [1.54, 1.807) is 0 Å². The van der Waals surface area contributed by atoms with E-state index in [9.17, 15) is 14.7 Å². The molecule has 2 unspecified atom stereocenters. The van der Waals surface area contributed by atoms with Crippen LogP contribution in [0.2, 0.25) is 0 Å². The number of nitrogens with one attached hydrogen (secondary N) is 2. The fourth-order valence-electron chi connectivity index (χ4n) is 7.56. The molecule has 296 valence electrons. The molecule has 2 amide bonds. The van der Waals surface area contributed by atoms with Gasteiger partial charge in [-0.1, -0.05) is 144 Å². The Morgan fingerprint density at radius 1 is 0.760 bits per heavy atom. The van der Waals surface area contributed by atoms with Crippen molar-refractivity contribution in [3.05, 3.63) is 0 Å². The maximum Gasteiger partial charge on any atom is 0.220 e. The van der Waals surface area contributed by atoms with Crippen molar-refractivity contribution in [3.8, 4) is 0 Å². The van der Waals surface area contributed by atoms with Crippen molar-refractivity contribution in [1.29, 1.82) is 0 Å². The Labute approximate surface area is 309 Å². The molecule has 0 aromatic rings. The summed E-state index contributed by atoms with van der Waals surface area (Å²) in [5, 5.41) is 17.3. The van der Waals surface area contributed by atoms with Gasteiger partial charge in [-0.05, 0) is 51.5 Å². The highest BCUT2D eigenvalue weighted by Gasteiger charge is 2.49. The van der Waals surface area contributed by atoms with E-state index in [-0.39, 0.29) is 36.1 Å². The predicted molar refractivity (Wildman–Crippen MR) is 211 cm³/mol. The number of nitrogens with two attached hydrogens (primary N) is 1. The van der Waals surface area contributed by atoms with Crippen LogP contribution < -0.4 is 16.4 Å². The summed E-state index contributed by atoms with van der Waals surface area (Å²) < 4.78 is 6.12. The molecule has 0 radical (unpaired) electrons. The summed E-state index contributed by atoms with van der Waals surface area (Å²) in [5.74, 6) is 0.591. The lowest BCUT2D eigenvalue weighted by atomic mass is 9.85. The van der Waals surface area contributed by atoms with Crippen LogP contribution >= 0.6 is 0 Å². The minimum atomic E-state index is -0.775. The van der Waals surface area contributed by atoms with Gasteiger partial charge < -0.3 is 31.1 Å². The largest absolute Gasteiger partial charge is 0.392 e. The van der Waals surface area contributed by atoms with E-state index in [1.807, 2.05) is 13.8 Å². The zero-order valence-electron chi connectivity index (χ0n) is 33.9. The predicted octanol–water partition coefficient (Wildman–Crippen LogP) is 8.81. The lowest BCUT2D eigenvalue weighted by molar-refractivity contribution is -0.123. The number of unbranched alkanes of at least 4 members (excludes halogenated alkanes) is 15. The van der Waals surface area contributed by atoms with Crippen molar-refractivity contribution >= 4 is 11.8 Å². The van der Waals surface area contributed by atoms with Crippen LogP contribution in [0.5, 0.6) is 0 Å². The zero-order valence-corrected chi connectivity index (χ0v) is 33.9. The molecule has 0 aromatic carbocycles. The SMILES string of the molecule is CCCCCCCCCCC(C)CN(CCCC(=O)N[C@@H](CC)[C@H]1OC[C@H](NC(=O)CCCC)[C@]1(C)N)CC(O)CCCCCCCCCC. The highest BCUT2D eigenvalue weighted by molar-refractivity contribution is 5.77. The van der Waals surface area contributed by atoms with Crippen LogP contribution in [0, 0.1) is 5.92 Å². The summed E-state index contributed by atoms with van der Waals surface area (Å²) in [6, 6.07) is -0.493. The van der Waals surface area contributed by atoms with Gasteiger partial charge in [-0.25, -0.2) is 0 Å². The third kappa shape index (κ3) is 21.3. The van der Waals surface area contributed by atoms with Crippen LogP contribution in [0.25, 0.3) is 0 Å². The van der Waals surface area contributed by atoms with Crippen molar-refractivity contribution in [2.75, 3.05) is 26.2 Å². The molecule has 1 heterocycles. The van der Waals surface area contributed by atoms with Gasteiger partial charge in [0.25, 0.3) is 0 Å². The highest BCUT2D eigenvalue weighted by atomic mass is 16.5. The van der Waals surface area contributed by atoms with Crippen molar-refractivity contribution in [3.63, 3.8) is 0 Å². The third-order valence-electron chi connectivity index (χ3n) is 10.9. The van der Waals surface area contributed by atoms with Crippen LogP contribution in [0.4, 0.5) is 0 Å². The minimum Gasteiger partial charge on any atom is -0.392 e. The van der Waals surface area contributed by atoms with E-state index in [0.717, 1.165) is 45.2 Å². The summed E-state index contributed by atoms with van der Waals surface area (Å²) in [7, 11) is 0. The van der Waals surface area contributed by atoms with Gasteiger partial charge in [0.1, 0.15) is 0 Å². The second-order valence-corrected chi connectivity index (χ2v) is 16.1. The number of hydrogen-bond acceptors (Lipinski definition) is 6. The van der Waals surface area contributed by atoms with Gasteiger partial charge in [-0.15, -0.1) is 0 Å². The molecule has 1 fully saturated rings. The average Bonchev–Trinajstić information content (AvgIpc) is 3.37. The minimum absolute atomic E-state index is 0.00876. The van der Waals surface area contributed by atoms with Crippen LogP contribution in [0.3, 0.4) is 0 Å². The molecule has 1 aliphatic heterocycles. The van der Waals surface area contributed by atoms with Gasteiger partial charge in [0.05, 0.1) is 36.4 Å². The second kappa shape index (κ2) is 29.3. The van der Waals surface area contributed by atoms with Gasteiger partial charge in [-0.3, -0.25) is 9.59 Å². The summed E-state index contributed by atoms with van der Waals surface area (Å²) in [5.41, 5.74) is 5.98. The van der Waals surface area contributed by atoms with Crippen LogP contribution in [-0.2, 0) is 14.3 Å². The highest BCUT2D eigenvalue weighted by Crippen LogP contribution is 2.28. The van der Waals surface area contributed by atoms with Gasteiger partial charge in [-0.2, -0.15) is 0 Å². The molecule has 0 saturated carbocycles. The Morgan fingerprint density at radius 3 is 1.84 bits per heavy atom. The lowest BCUT2D eigenvalue weighted by Crippen LogP contribution is -2.63. The fraction of sp³-hybridized carbons (Fsp3) is 0.952. The topological polar surface area (TPSA) is 117 Å². The monoisotopic (exact) mass is 709 g/mol. The van der Waals surface area contributed by atoms with Crippen molar-refractivity contribution in [2.45, 2.75) is 225 Å². The first kappa shape index (κ1) is 46.8. The van der Waals surface area contributed by atoms with Crippen molar-refractivity contribution in [2.24, 2.45) is 11.7 Å². The van der Waals surface area contributed by atoms with E-state index < -0.39 is 5.54 Å². The maximum absolute atomic E-state index is 13.2. The Morgan fingerprint density at radius 2 is 1.28 bits per heavy atom. The van der Waals surface area contributed by atoms with Crippen LogP contribution in [0.1, 0.15) is 196 Å².